The first-order valence-corrected chi connectivity index (χ1v) is 7.49. The number of carbonyl (C=O) groups excluding carboxylic acids is 1. The van der Waals surface area contributed by atoms with Gasteiger partial charge in [-0.3, -0.25) is 24.9 Å². The van der Waals surface area contributed by atoms with Crippen LogP contribution in [0.2, 0.25) is 0 Å². The Morgan fingerprint density at radius 3 is 2.64 bits per heavy atom. The van der Waals surface area contributed by atoms with Crippen molar-refractivity contribution in [2.75, 3.05) is 45.3 Å². The zero-order valence-corrected chi connectivity index (χ0v) is 13.5. The highest BCUT2D eigenvalue weighted by molar-refractivity contribution is 5.56. The average Bonchev–Trinajstić information content (AvgIpc) is 2.53. The van der Waals surface area contributed by atoms with Crippen molar-refractivity contribution in [2.45, 2.75) is 20.4 Å². The molecule has 1 N–H and O–H groups in total. The molecule has 0 unspecified atom stereocenters. The smallest absolute Gasteiger partial charge is 0.252 e. The first-order valence-electron chi connectivity index (χ1n) is 7.49. The molecule has 1 saturated heterocycles. The third-order valence-corrected chi connectivity index (χ3v) is 4.08. The highest BCUT2D eigenvalue weighted by Crippen LogP contribution is 2.16. The Balaban J connectivity index is 2.13. The number of hydrogen-bond acceptors (Lipinski definition) is 5. The van der Waals surface area contributed by atoms with Crippen molar-refractivity contribution < 1.29 is 9.53 Å². The lowest BCUT2D eigenvalue weighted by molar-refractivity contribution is -0.115. The molecular weight excluding hydrogens is 284 g/mol. The molecule has 0 bridgehead atoms. The summed E-state index contributed by atoms with van der Waals surface area (Å²) in [5.41, 5.74) is 5.40. The minimum atomic E-state index is -0.0573. The zero-order valence-electron chi connectivity index (χ0n) is 13.5. The fraction of sp³-hybridized carbons (Fsp3) is 0.600. The highest BCUT2D eigenvalue weighted by Gasteiger charge is 2.13. The van der Waals surface area contributed by atoms with E-state index in [-0.39, 0.29) is 5.56 Å². The van der Waals surface area contributed by atoms with E-state index in [0.717, 1.165) is 44.1 Å². The average molecular weight is 308 g/mol. The summed E-state index contributed by atoms with van der Waals surface area (Å²) in [7, 11) is 1.60. The molecule has 0 radical (unpaired) electrons. The molecule has 2 heterocycles. The second kappa shape index (κ2) is 7.42. The van der Waals surface area contributed by atoms with Crippen LogP contribution in [-0.4, -0.2) is 60.8 Å². The van der Waals surface area contributed by atoms with E-state index in [2.05, 4.69) is 10.3 Å². The molecule has 1 aliphatic heterocycles. The number of ether oxygens (including phenoxy) is 1. The van der Waals surface area contributed by atoms with Crippen molar-refractivity contribution in [3.8, 4) is 0 Å². The molecule has 0 spiro atoms. The maximum atomic E-state index is 12.3. The van der Waals surface area contributed by atoms with Crippen molar-refractivity contribution in [1.82, 2.24) is 14.5 Å². The summed E-state index contributed by atoms with van der Waals surface area (Å²) in [6, 6.07) is 1.54. The first-order chi connectivity index (χ1) is 10.5. The van der Waals surface area contributed by atoms with Gasteiger partial charge < -0.3 is 9.30 Å². The molecule has 1 fully saturated rings. The van der Waals surface area contributed by atoms with E-state index in [9.17, 15) is 9.59 Å². The first kappa shape index (κ1) is 16.5. The monoisotopic (exact) mass is 308 g/mol. The van der Waals surface area contributed by atoms with Crippen LogP contribution in [-0.2, 0) is 16.1 Å². The minimum absolute atomic E-state index is 0.0573. The Morgan fingerprint density at radius 2 is 2.00 bits per heavy atom. The second-order valence-electron chi connectivity index (χ2n) is 5.54. The molecule has 1 aliphatic rings. The van der Waals surface area contributed by atoms with Gasteiger partial charge in [0.1, 0.15) is 0 Å². The summed E-state index contributed by atoms with van der Waals surface area (Å²) in [4.78, 5) is 25.3. The number of hydrogen-bond donors (Lipinski definition) is 1. The molecule has 22 heavy (non-hydrogen) atoms. The Hall–Kier alpha value is -1.86. The molecule has 2 rings (SSSR count). The maximum absolute atomic E-state index is 12.3. The fourth-order valence-electron chi connectivity index (χ4n) is 2.55. The molecule has 1 aromatic heterocycles. The highest BCUT2D eigenvalue weighted by atomic mass is 16.5. The van der Waals surface area contributed by atoms with Crippen molar-refractivity contribution in [2.24, 2.45) is 0 Å². The summed E-state index contributed by atoms with van der Waals surface area (Å²) in [6.45, 7) is 8.72. The van der Waals surface area contributed by atoms with E-state index >= 15 is 0 Å². The minimum Gasteiger partial charge on any atom is -0.379 e. The fourth-order valence-corrected chi connectivity index (χ4v) is 2.55. The molecule has 0 atom stereocenters. The van der Waals surface area contributed by atoms with Gasteiger partial charge in [0.05, 0.1) is 18.9 Å². The summed E-state index contributed by atoms with van der Waals surface area (Å²) in [5.74, 6) is 0. The Bertz CT molecular complexity index is 579. The predicted molar refractivity (Wildman–Crippen MR) is 84.9 cm³/mol. The van der Waals surface area contributed by atoms with Gasteiger partial charge in [-0.15, -0.1) is 0 Å². The lowest BCUT2D eigenvalue weighted by atomic mass is 10.2. The number of pyridine rings is 1. The summed E-state index contributed by atoms with van der Waals surface area (Å²) in [5, 5.41) is 1.29. The predicted octanol–water partition coefficient (Wildman–Crippen LogP) is 0.212. The molecule has 1 aromatic rings. The third-order valence-electron chi connectivity index (χ3n) is 4.08. The van der Waals surface area contributed by atoms with Gasteiger partial charge in [-0.25, -0.2) is 0 Å². The number of morpholine rings is 1. The lowest BCUT2D eigenvalue weighted by Gasteiger charge is -2.27. The van der Waals surface area contributed by atoms with Gasteiger partial charge in [0, 0.05) is 45.0 Å². The van der Waals surface area contributed by atoms with Gasteiger partial charge in [0.25, 0.3) is 5.56 Å². The van der Waals surface area contributed by atoms with Crippen LogP contribution < -0.4 is 11.0 Å². The largest absolute Gasteiger partial charge is 0.379 e. The van der Waals surface area contributed by atoms with Crippen molar-refractivity contribution in [3.05, 3.63) is 27.7 Å². The van der Waals surface area contributed by atoms with Crippen LogP contribution in [0.3, 0.4) is 0 Å². The van der Waals surface area contributed by atoms with Crippen LogP contribution in [0.15, 0.2) is 10.9 Å². The van der Waals surface area contributed by atoms with Crippen molar-refractivity contribution >= 4 is 12.1 Å². The van der Waals surface area contributed by atoms with E-state index in [0.29, 0.717) is 18.6 Å². The Kier molecular flexibility index (Phi) is 5.57. The third kappa shape index (κ3) is 3.86. The number of nitrogens with zero attached hydrogens (tertiary/aromatic N) is 3. The van der Waals surface area contributed by atoms with Crippen molar-refractivity contribution in [3.63, 3.8) is 0 Å². The Morgan fingerprint density at radius 1 is 1.32 bits per heavy atom. The molecular formula is C15H24N4O3. The van der Waals surface area contributed by atoms with Gasteiger partial charge in [-0.1, -0.05) is 0 Å². The molecule has 1 amide bonds. The van der Waals surface area contributed by atoms with Gasteiger partial charge in [0.15, 0.2) is 0 Å². The molecule has 7 heteroatoms. The standard InChI is InChI=1S/C15H24N4O3/c1-12-13(2)19(5-4-18-6-8-22-9-7-18)15(21)10-14(12)16-17(3)11-20/h10-11,16H,4-9H2,1-3H3. The van der Waals surface area contributed by atoms with E-state index < -0.39 is 0 Å². The number of hydrazine groups is 1. The van der Waals surface area contributed by atoms with Gasteiger partial charge in [-0.2, -0.15) is 0 Å². The van der Waals surface area contributed by atoms with E-state index in [1.165, 1.54) is 5.01 Å². The van der Waals surface area contributed by atoms with Crippen molar-refractivity contribution in [1.29, 1.82) is 0 Å². The van der Waals surface area contributed by atoms with E-state index in [4.69, 9.17) is 4.74 Å². The summed E-state index contributed by atoms with van der Waals surface area (Å²) in [6.07, 6.45) is 0.665. The molecule has 0 aromatic carbocycles. The van der Waals surface area contributed by atoms with E-state index in [1.807, 2.05) is 13.8 Å². The van der Waals surface area contributed by atoms with Crippen LogP contribution in [0.25, 0.3) is 0 Å². The Labute approximate surface area is 130 Å². The number of anilines is 1. The SMILES string of the molecule is Cc1c(NN(C)C=O)cc(=O)n(CCN2CCOCC2)c1C. The van der Waals surface area contributed by atoms with Gasteiger partial charge in [0.2, 0.25) is 6.41 Å². The number of rotatable bonds is 6. The van der Waals surface area contributed by atoms with Crippen LogP contribution in [0, 0.1) is 13.8 Å². The van der Waals surface area contributed by atoms with Gasteiger partial charge >= 0.3 is 0 Å². The number of carbonyl (C=O) groups is 1. The molecule has 0 saturated carbocycles. The quantitative estimate of drug-likeness (QED) is 0.601. The van der Waals surface area contributed by atoms with Crippen LogP contribution in [0.1, 0.15) is 11.3 Å². The van der Waals surface area contributed by atoms with Gasteiger partial charge in [-0.05, 0) is 19.4 Å². The maximum Gasteiger partial charge on any atom is 0.252 e. The number of nitrogens with one attached hydrogen (secondary N) is 1. The normalized spacial score (nSPS) is 15.6. The van der Waals surface area contributed by atoms with Crippen LogP contribution in [0.5, 0.6) is 0 Å². The van der Waals surface area contributed by atoms with Crippen LogP contribution >= 0.6 is 0 Å². The topological polar surface area (TPSA) is 66.8 Å². The molecule has 122 valence electrons. The summed E-state index contributed by atoms with van der Waals surface area (Å²) < 4.78 is 7.12. The zero-order chi connectivity index (χ0) is 16.1. The number of aromatic nitrogens is 1. The molecule has 0 aliphatic carbocycles. The van der Waals surface area contributed by atoms with E-state index in [1.54, 1.807) is 17.7 Å². The number of amides is 1. The lowest BCUT2D eigenvalue weighted by Crippen LogP contribution is -2.39. The van der Waals surface area contributed by atoms with Crippen LogP contribution in [0.4, 0.5) is 5.69 Å². The second-order valence-corrected chi connectivity index (χ2v) is 5.54. The summed E-state index contributed by atoms with van der Waals surface area (Å²) >= 11 is 0. The molecule has 7 nitrogen and oxygen atoms in total.